The van der Waals surface area contributed by atoms with E-state index in [1.54, 1.807) is 0 Å². The molecule has 11 rings (SSSR count). The fraction of sp³-hybridized carbons (Fsp3) is 0.0545. The predicted molar refractivity (Wildman–Crippen MR) is 245 cm³/mol. The van der Waals surface area contributed by atoms with Crippen LogP contribution in [0.2, 0.25) is 0 Å². The molecule has 0 spiro atoms. The zero-order chi connectivity index (χ0) is 38.1. The molecule has 1 aliphatic rings. The van der Waals surface area contributed by atoms with Gasteiger partial charge >= 0.3 is 0 Å². The maximum atomic E-state index is 2.57. The van der Waals surface area contributed by atoms with Gasteiger partial charge in [-0.15, -0.1) is 11.3 Å². The van der Waals surface area contributed by atoms with Gasteiger partial charge in [0.2, 0.25) is 0 Å². The van der Waals surface area contributed by atoms with Crippen molar-refractivity contribution >= 4 is 59.3 Å². The molecule has 0 bridgehead atoms. The molecule has 2 heteroatoms. The first-order valence-electron chi connectivity index (χ1n) is 19.8. The lowest BCUT2D eigenvalue weighted by Gasteiger charge is -2.32. The first kappa shape index (κ1) is 33.6. The SMILES string of the molecule is CC1(C)c2ccccc2-c2c(N(c3ccccc3-c3cccc4cccc(-c5ccccc5)c34)c3ccccc3-c3cccc4sc5ccccc5c34)cccc21. The molecule has 0 aliphatic heterocycles. The highest BCUT2D eigenvalue weighted by atomic mass is 32.1. The van der Waals surface area contributed by atoms with Gasteiger partial charge in [-0.3, -0.25) is 0 Å². The summed E-state index contributed by atoms with van der Waals surface area (Å²) in [6.07, 6.45) is 0. The van der Waals surface area contributed by atoms with Gasteiger partial charge < -0.3 is 4.90 Å². The van der Waals surface area contributed by atoms with E-state index >= 15 is 0 Å². The second kappa shape index (κ2) is 13.2. The Bertz CT molecular complexity index is 3160. The molecule has 0 radical (unpaired) electrons. The van der Waals surface area contributed by atoms with Crippen molar-refractivity contribution < 1.29 is 0 Å². The Morgan fingerprint density at radius 2 is 0.877 bits per heavy atom. The van der Waals surface area contributed by atoms with E-state index in [9.17, 15) is 0 Å². The van der Waals surface area contributed by atoms with Gasteiger partial charge in [0.25, 0.3) is 0 Å². The molecule has 0 unspecified atom stereocenters. The van der Waals surface area contributed by atoms with Crippen LogP contribution in [-0.4, -0.2) is 0 Å². The summed E-state index contributed by atoms with van der Waals surface area (Å²) in [4.78, 5) is 2.57. The Hall–Kier alpha value is -6.74. The van der Waals surface area contributed by atoms with Gasteiger partial charge in [0.15, 0.2) is 0 Å². The zero-order valence-corrected chi connectivity index (χ0v) is 32.7. The Morgan fingerprint density at radius 1 is 0.368 bits per heavy atom. The lowest BCUT2D eigenvalue weighted by molar-refractivity contribution is 0.660. The predicted octanol–water partition coefficient (Wildman–Crippen LogP) is 16.0. The highest BCUT2D eigenvalue weighted by molar-refractivity contribution is 7.25. The van der Waals surface area contributed by atoms with Gasteiger partial charge in [-0.05, 0) is 80.0 Å². The van der Waals surface area contributed by atoms with Crippen LogP contribution in [0.15, 0.2) is 200 Å². The summed E-state index contributed by atoms with van der Waals surface area (Å²) in [6, 6.07) is 73.9. The second-order valence-corrected chi connectivity index (χ2v) is 16.7. The van der Waals surface area contributed by atoms with E-state index in [4.69, 9.17) is 0 Å². The summed E-state index contributed by atoms with van der Waals surface area (Å²) in [7, 11) is 0. The molecule has 10 aromatic rings. The van der Waals surface area contributed by atoms with E-state index in [-0.39, 0.29) is 5.41 Å². The molecule has 57 heavy (non-hydrogen) atoms. The van der Waals surface area contributed by atoms with E-state index in [0.29, 0.717) is 0 Å². The average molecular weight is 746 g/mol. The number of para-hydroxylation sites is 2. The molecule has 1 aliphatic carbocycles. The fourth-order valence-electron chi connectivity index (χ4n) is 9.53. The quantitative estimate of drug-likeness (QED) is 0.164. The van der Waals surface area contributed by atoms with Crippen molar-refractivity contribution in [2.75, 3.05) is 4.90 Å². The number of benzene rings is 9. The zero-order valence-electron chi connectivity index (χ0n) is 31.9. The number of hydrogen-bond acceptors (Lipinski definition) is 2. The van der Waals surface area contributed by atoms with Crippen LogP contribution in [0.4, 0.5) is 17.1 Å². The first-order chi connectivity index (χ1) is 28.1. The average Bonchev–Trinajstić information content (AvgIpc) is 3.76. The third-order valence-electron chi connectivity index (χ3n) is 12.1. The van der Waals surface area contributed by atoms with Crippen LogP contribution < -0.4 is 4.90 Å². The number of anilines is 3. The summed E-state index contributed by atoms with van der Waals surface area (Å²) in [5.41, 5.74) is 15.9. The van der Waals surface area contributed by atoms with E-state index in [1.807, 2.05) is 11.3 Å². The normalized spacial score (nSPS) is 12.9. The maximum Gasteiger partial charge on any atom is 0.0543 e. The van der Waals surface area contributed by atoms with Crippen LogP contribution in [0, 0.1) is 0 Å². The fourth-order valence-corrected chi connectivity index (χ4v) is 10.7. The van der Waals surface area contributed by atoms with Crippen LogP contribution >= 0.6 is 11.3 Å². The molecule has 0 atom stereocenters. The molecule has 0 saturated heterocycles. The van der Waals surface area contributed by atoms with Crippen molar-refractivity contribution in [1.82, 2.24) is 0 Å². The van der Waals surface area contributed by atoms with Crippen molar-refractivity contribution in [1.29, 1.82) is 0 Å². The largest absolute Gasteiger partial charge is 0.309 e. The molecule has 1 heterocycles. The Labute approximate surface area is 337 Å². The van der Waals surface area contributed by atoms with E-state index in [0.717, 1.165) is 11.4 Å². The van der Waals surface area contributed by atoms with E-state index in [1.165, 1.54) is 92.3 Å². The minimum Gasteiger partial charge on any atom is -0.309 e. The summed E-state index contributed by atoms with van der Waals surface area (Å²) in [5, 5.41) is 5.09. The van der Waals surface area contributed by atoms with Crippen molar-refractivity contribution in [3.8, 4) is 44.5 Å². The molecule has 0 fully saturated rings. The van der Waals surface area contributed by atoms with Crippen molar-refractivity contribution in [2.45, 2.75) is 19.3 Å². The van der Waals surface area contributed by atoms with Gasteiger partial charge in [-0.1, -0.05) is 184 Å². The van der Waals surface area contributed by atoms with Crippen LogP contribution in [0.25, 0.3) is 75.5 Å². The summed E-state index contributed by atoms with van der Waals surface area (Å²) in [5.74, 6) is 0. The third kappa shape index (κ3) is 5.21. The molecular formula is C55H39NS. The smallest absolute Gasteiger partial charge is 0.0543 e. The van der Waals surface area contributed by atoms with Crippen molar-refractivity contribution in [3.63, 3.8) is 0 Å². The number of hydrogen-bond donors (Lipinski definition) is 0. The molecular weight excluding hydrogens is 707 g/mol. The number of rotatable bonds is 6. The van der Waals surface area contributed by atoms with Gasteiger partial charge in [0.1, 0.15) is 0 Å². The first-order valence-corrected chi connectivity index (χ1v) is 20.6. The van der Waals surface area contributed by atoms with Crippen LogP contribution in [0.5, 0.6) is 0 Å². The Morgan fingerprint density at radius 3 is 1.63 bits per heavy atom. The van der Waals surface area contributed by atoms with E-state index < -0.39 is 0 Å². The lowest BCUT2D eigenvalue weighted by atomic mass is 9.82. The molecule has 270 valence electrons. The highest BCUT2D eigenvalue weighted by Crippen LogP contribution is 2.56. The summed E-state index contributed by atoms with van der Waals surface area (Å²) < 4.78 is 2.61. The number of fused-ring (bicyclic) bond motifs is 7. The van der Waals surface area contributed by atoms with Crippen molar-refractivity contribution in [3.05, 3.63) is 211 Å². The molecule has 0 amide bonds. The van der Waals surface area contributed by atoms with E-state index in [2.05, 4.69) is 219 Å². The Kier molecular flexibility index (Phi) is 7.77. The van der Waals surface area contributed by atoms with Gasteiger partial charge in [0.05, 0.1) is 17.1 Å². The summed E-state index contributed by atoms with van der Waals surface area (Å²) >= 11 is 1.87. The van der Waals surface area contributed by atoms with Gasteiger partial charge in [-0.2, -0.15) is 0 Å². The number of nitrogens with zero attached hydrogens (tertiary/aromatic N) is 1. The highest BCUT2D eigenvalue weighted by Gasteiger charge is 2.38. The van der Waals surface area contributed by atoms with Crippen LogP contribution in [0.3, 0.4) is 0 Å². The third-order valence-corrected chi connectivity index (χ3v) is 13.2. The maximum absolute atomic E-state index is 2.57. The monoisotopic (exact) mass is 745 g/mol. The number of thiophene rings is 1. The van der Waals surface area contributed by atoms with Gasteiger partial charge in [0, 0.05) is 42.3 Å². The lowest BCUT2D eigenvalue weighted by Crippen LogP contribution is -2.16. The second-order valence-electron chi connectivity index (χ2n) is 15.6. The molecule has 0 saturated carbocycles. The van der Waals surface area contributed by atoms with Crippen LogP contribution in [-0.2, 0) is 5.41 Å². The van der Waals surface area contributed by atoms with Gasteiger partial charge in [-0.25, -0.2) is 0 Å². The van der Waals surface area contributed by atoms with Crippen LogP contribution in [0.1, 0.15) is 25.0 Å². The standard InChI is InChI=1S/C55H39NS/c1-55(2)45-29-10-6-24-43(45)54-46(55)30-17-33-49(54)56(48-32-12-8-23-40(48)42-28-16-35-51-53(42)44-25-9-13-34-50(44)57-51)47-31-11-7-22-39(47)41-27-15-21-37-20-14-26-38(52(37)41)36-18-4-3-5-19-36/h3-35H,1-2H3. The summed E-state index contributed by atoms with van der Waals surface area (Å²) in [6.45, 7) is 4.74. The minimum absolute atomic E-state index is 0.145. The minimum atomic E-state index is -0.145. The topological polar surface area (TPSA) is 3.24 Å². The molecule has 1 aromatic heterocycles. The molecule has 9 aromatic carbocycles. The Balaban J connectivity index is 1.24. The van der Waals surface area contributed by atoms with Crippen molar-refractivity contribution in [2.24, 2.45) is 0 Å². The molecule has 0 N–H and O–H groups in total. The molecule has 1 nitrogen and oxygen atoms in total.